The summed E-state index contributed by atoms with van der Waals surface area (Å²) in [6.45, 7) is 7.00. The zero-order valence-electron chi connectivity index (χ0n) is 25.9. The minimum Gasteiger partial charge on any atom is -0.463 e. The maximum Gasteiger partial charge on any atom is 0.318 e. The number of aliphatic hydroxyl groups is 1. The van der Waals surface area contributed by atoms with Crippen molar-refractivity contribution >= 4 is 22.3 Å². The maximum atomic E-state index is 9.47. The van der Waals surface area contributed by atoms with E-state index in [1.807, 2.05) is 0 Å². The summed E-state index contributed by atoms with van der Waals surface area (Å²) in [6.07, 6.45) is 3.82. The van der Waals surface area contributed by atoms with Gasteiger partial charge in [0, 0.05) is 41.7 Å². The van der Waals surface area contributed by atoms with E-state index in [4.69, 9.17) is 19.4 Å². The van der Waals surface area contributed by atoms with Crippen LogP contribution in [0.3, 0.4) is 0 Å². The molecule has 0 spiro atoms. The van der Waals surface area contributed by atoms with Gasteiger partial charge in [-0.25, -0.2) is 4.98 Å². The zero-order valence-corrected chi connectivity index (χ0v) is 25.9. The van der Waals surface area contributed by atoms with E-state index in [9.17, 15) is 5.11 Å². The molecular weight excluding hydrogens is 556 g/mol. The van der Waals surface area contributed by atoms with Gasteiger partial charge in [0.2, 0.25) is 0 Å². The Morgan fingerprint density at radius 1 is 1.09 bits per heavy atom. The number of aromatic amines is 1. The average molecular weight is 599 g/mol. The van der Waals surface area contributed by atoms with Crippen LogP contribution in [0.5, 0.6) is 6.01 Å². The Labute approximate surface area is 258 Å². The van der Waals surface area contributed by atoms with Gasteiger partial charge in [-0.05, 0) is 56.8 Å². The molecule has 2 N–H and O–H groups in total. The Balaban J connectivity index is 1.22. The largest absolute Gasteiger partial charge is 0.463 e. The number of nitrogens with zero attached hydrogens (tertiary/aromatic N) is 7. The van der Waals surface area contributed by atoms with Crippen molar-refractivity contribution in [1.29, 1.82) is 0 Å². The molecule has 11 heteroatoms. The number of rotatable bonds is 10. The fourth-order valence-corrected chi connectivity index (χ4v) is 6.81. The Kier molecular flexibility index (Phi) is 7.86. The number of hydrogen-bond donors (Lipinski definition) is 2. The lowest BCUT2D eigenvalue weighted by atomic mass is 9.98. The second-order valence-corrected chi connectivity index (χ2v) is 12.7. The molecule has 4 aromatic rings. The van der Waals surface area contributed by atoms with E-state index in [1.54, 1.807) is 0 Å². The zero-order chi connectivity index (χ0) is 30.3. The lowest BCUT2D eigenvalue weighted by Crippen LogP contribution is -2.41. The molecule has 7 rings (SSSR count). The number of aryl methyl sites for hydroxylation is 1. The van der Waals surface area contributed by atoms with Gasteiger partial charge in [0.15, 0.2) is 5.82 Å². The molecule has 0 radical (unpaired) electrons. The highest BCUT2D eigenvalue weighted by molar-refractivity contribution is 5.97. The molecular formula is C33H42N8O3. The number of nitrogens with one attached hydrogen (secondary N) is 1. The summed E-state index contributed by atoms with van der Waals surface area (Å²) >= 11 is 0. The number of H-pyrrole nitrogens is 1. The van der Waals surface area contributed by atoms with Gasteiger partial charge < -0.3 is 29.3 Å². The molecule has 2 fully saturated rings. The summed E-state index contributed by atoms with van der Waals surface area (Å²) in [4.78, 5) is 21.5. The van der Waals surface area contributed by atoms with Crippen LogP contribution < -0.4 is 14.5 Å². The molecule has 1 saturated heterocycles. The van der Waals surface area contributed by atoms with Crippen molar-refractivity contribution in [3.05, 3.63) is 64.9 Å². The fraction of sp³-hybridized carbons (Fsp3) is 0.515. The molecule has 2 aromatic heterocycles. The van der Waals surface area contributed by atoms with Crippen LogP contribution in [0, 0.1) is 5.41 Å². The van der Waals surface area contributed by atoms with Gasteiger partial charge in [0.25, 0.3) is 0 Å². The highest BCUT2D eigenvalue weighted by Crippen LogP contribution is 2.46. The summed E-state index contributed by atoms with van der Waals surface area (Å²) in [5.41, 5.74) is 4.98. The minimum absolute atomic E-state index is 0.175. The molecule has 0 bridgehead atoms. The summed E-state index contributed by atoms with van der Waals surface area (Å²) in [7, 11) is 4.23. The second kappa shape index (κ2) is 11.9. The van der Waals surface area contributed by atoms with Gasteiger partial charge in [-0.1, -0.05) is 37.3 Å². The standard InChI is InChI=1S/C33H42N8O3/c1-4-22-7-5-8-23-9-6-10-26(29(22)23)40-14-11-24-25(17-40)34-32(44-21-33(12-13-33)20-39(2)3)36-31(24)41-15-16-43-27(18-41)30-35-28(19-42)37-38-30/h5-10,27,42H,4,11-21H2,1-3H3,(H,35,37,38). The topological polar surface area (TPSA) is 116 Å². The van der Waals surface area contributed by atoms with E-state index in [1.165, 1.54) is 27.6 Å². The molecule has 11 nitrogen and oxygen atoms in total. The van der Waals surface area contributed by atoms with Crippen LogP contribution in [-0.4, -0.2) is 88.6 Å². The van der Waals surface area contributed by atoms with Crippen molar-refractivity contribution < 1.29 is 14.6 Å². The Bertz CT molecular complexity index is 1630. The lowest BCUT2D eigenvalue weighted by Gasteiger charge is -2.37. The van der Waals surface area contributed by atoms with Crippen LogP contribution >= 0.6 is 0 Å². The molecule has 1 unspecified atom stereocenters. The maximum absolute atomic E-state index is 9.47. The van der Waals surface area contributed by atoms with Crippen molar-refractivity contribution in [3.63, 3.8) is 0 Å². The van der Waals surface area contributed by atoms with Crippen LogP contribution in [0.1, 0.15) is 54.3 Å². The minimum atomic E-state index is -0.326. The van der Waals surface area contributed by atoms with E-state index in [0.29, 0.717) is 50.5 Å². The van der Waals surface area contributed by atoms with Gasteiger partial charge in [-0.3, -0.25) is 5.10 Å². The van der Waals surface area contributed by atoms with Gasteiger partial charge in [0.05, 0.1) is 32.0 Å². The molecule has 2 aromatic carbocycles. The summed E-state index contributed by atoms with van der Waals surface area (Å²) in [6, 6.07) is 13.7. The Morgan fingerprint density at radius 3 is 2.68 bits per heavy atom. The number of ether oxygens (including phenoxy) is 2. The number of benzene rings is 2. The average Bonchev–Trinajstić information content (AvgIpc) is 3.63. The Hall–Kier alpha value is -3.80. The number of anilines is 2. The van der Waals surface area contributed by atoms with E-state index in [-0.39, 0.29) is 18.1 Å². The highest BCUT2D eigenvalue weighted by atomic mass is 16.5. The molecule has 232 valence electrons. The molecule has 0 amide bonds. The predicted molar refractivity (Wildman–Crippen MR) is 169 cm³/mol. The van der Waals surface area contributed by atoms with Crippen LogP contribution in [0.4, 0.5) is 11.5 Å². The van der Waals surface area contributed by atoms with Gasteiger partial charge in [0.1, 0.15) is 24.4 Å². The number of fused-ring (bicyclic) bond motifs is 2. The molecule has 2 aliphatic heterocycles. The molecule has 3 aliphatic rings. The van der Waals surface area contributed by atoms with Crippen LogP contribution in [-0.2, 0) is 30.7 Å². The van der Waals surface area contributed by atoms with Crippen LogP contribution in [0.25, 0.3) is 10.8 Å². The summed E-state index contributed by atoms with van der Waals surface area (Å²) in [5, 5.41) is 19.2. The van der Waals surface area contributed by atoms with Gasteiger partial charge in [-0.15, -0.1) is 0 Å². The molecule has 1 saturated carbocycles. The van der Waals surface area contributed by atoms with Crippen molar-refractivity contribution in [2.24, 2.45) is 5.41 Å². The van der Waals surface area contributed by atoms with Crippen molar-refractivity contribution in [2.45, 2.75) is 51.9 Å². The smallest absolute Gasteiger partial charge is 0.318 e. The number of hydrogen-bond acceptors (Lipinski definition) is 10. The number of aromatic nitrogens is 5. The monoisotopic (exact) mass is 598 g/mol. The highest BCUT2D eigenvalue weighted by Gasteiger charge is 2.44. The normalized spacial score (nSPS) is 19.4. The third-order valence-corrected chi connectivity index (χ3v) is 9.18. The van der Waals surface area contributed by atoms with Gasteiger partial charge >= 0.3 is 6.01 Å². The SMILES string of the molecule is CCc1cccc2cccc(N3CCc4c(nc(OCC5(CN(C)C)CC5)nc4N4CCOC(c5n[nH]c(CO)n5)C4)C3)c12. The number of aliphatic hydroxyl groups excluding tert-OH is 1. The van der Waals surface area contributed by atoms with E-state index in [2.05, 4.69) is 87.3 Å². The van der Waals surface area contributed by atoms with E-state index in [0.717, 1.165) is 50.3 Å². The summed E-state index contributed by atoms with van der Waals surface area (Å²) in [5.74, 6) is 1.90. The quantitative estimate of drug-likeness (QED) is 0.280. The molecule has 4 heterocycles. The van der Waals surface area contributed by atoms with Crippen LogP contribution in [0.15, 0.2) is 36.4 Å². The van der Waals surface area contributed by atoms with Crippen molar-refractivity contribution in [1.82, 2.24) is 30.0 Å². The third-order valence-electron chi connectivity index (χ3n) is 9.18. The Morgan fingerprint density at radius 2 is 1.93 bits per heavy atom. The first-order valence-corrected chi connectivity index (χ1v) is 15.8. The lowest BCUT2D eigenvalue weighted by molar-refractivity contribution is 0.0337. The first-order valence-electron chi connectivity index (χ1n) is 15.8. The predicted octanol–water partition coefficient (Wildman–Crippen LogP) is 3.66. The first-order chi connectivity index (χ1) is 21.4. The summed E-state index contributed by atoms with van der Waals surface area (Å²) < 4.78 is 12.5. The first kappa shape index (κ1) is 28.9. The van der Waals surface area contributed by atoms with E-state index < -0.39 is 0 Å². The molecule has 1 aliphatic carbocycles. The van der Waals surface area contributed by atoms with E-state index >= 15 is 0 Å². The second-order valence-electron chi connectivity index (χ2n) is 12.7. The number of morpholine rings is 1. The van der Waals surface area contributed by atoms with Gasteiger partial charge in [-0.2, -0.15) is 15.1 Å². The molecule has 44 heavy (non-hydrogen) atoms. The fourth-order valence-electron chi connectivity index (χ4n) is 6.81. The third kappa shape index (κ3) is 5.71. The van der Waals surface area contributed by atoms with Crippen LogP contribution in [0.2, 0.25) is 0 Å². The van der Waals surface area contributed by atoms with Crippen molar-refractivity contribution in [2.75, 3.05) is 63.3 Å². The van der Waals surface area contributed by atoms with Crippen molar-refractivity contribution in [3.8, 4) is 6.01 Å². The molecule has 1 atom stereocenters.